The van der Waals surface area contributed by atoms with E-state index in [1.54, 1.807) is 19.2 Å². The number of nitrogens with two attached hydrogens (primary N) is 1. The summed E-state index contributed by atoms with van der Waals surface area (Å²) in [7, 11) is -1.94. The number of guanidine groups is 1. The zero-order chi connectivity index (χ0) is 21.1. The molecule has 0 atom stereocenters. The molecule has 0 aliphatic carbocycles. The van der Waals surface area contributed by atoms with Crippen LogP contribution >= 0.6 is 0 Å². The number of hydrogen-bond donors (Lipinski definition) is 2. The minimum Gasteiger partial charge on any atom is -0.385 e. The lowest BCUT2D eigenvalue weighted by Crippen LogP contribution is -2.47. The fraction of sp³-hybridized carbons (Fsp3) is 0.650. The zero-order valence-corrected chi connectivity index (χ0v) is 18.3. The van der Waals surface area contributed by atoms with Gasteiger partial charge in [-0.25, -0.2) is 13.6 Å². The average molecular weight is 427 g/mol. The molecule has 0 radical (unpaired) electrons. The number of sulfonamides is 1. The maximum atomic E-state index is 11.3. The number of benzene rings is 1. The maximum Gasteiger partial charge on any atom is 0.238 e. The Balaban J connectivity index is 1.82. The third-order valence-electron chi connectivity index (χ3n) is 4.84. The van der Waals surface area contributed by atoms with Crippen LogP contribution in [0.4, 0.5) is 0 Å². The van der Waals surface area contributed by atoms with Gasteiger partial charge in [-0.3, -0.25) is 4.99 Å². The predicted octanol–water partition coefficient (Wildman–Crippen LogP) is 1.36. The number of aliphatic imine (C=N–C) groups is 1. The highest BCUT2D eigenvalue weighted by Crippen LogP contribution is 2.14. The first-order chi connectivity index (χ1) is 13.9. The molecule has 0 aromatic heterocycles. The molecule has 1 aromatic rings. The van der Waals surface area contributed by atoms with Gasteiger partial charge in [-0.1, -0.05) is 12.1 Å². The second-order valence-corrected chi connectivity index (χ2v) is 8.64. The van der Waals surface area contributed by atoms with Crippen LogP contribution in [0.5, 0.6) is 0 Å². The fourth-order valence-electron chi connectivity index (χ4n) is 3.25. The van der Waals surface area contributed by atoms with Gasteiger partial charge in [-0.05, 0) is 50.3 Å². The molecule has 0 bridgehead atoms. The third kappa shape index (κ3) is 8.30. The topological polar surface area (TPSA) is 106 Å². The molecule has 29 heavy (non-hydrogen) atoms. The Hall–Kier alpha value is -1.68. The van der Waals surface area contributed by atoms with Crippen LogP contribution in [0, 0.1) is 0 Å². The van der Waals surface area contributed by atoms with Gasteiger partial charge < -0.3 is 19.7 Å². The van der Waals surface area contributed by atoms with Gasteiger partial charge in [0.05, 0.1) is 11.0 Å². The van der Waals surface area contributed by atoms with Crippen LogP contribution in [-0.2, 0) is 25.9 Å². The van der Waals surface area contributed by atoms with Crippen LogP contribution in [-0.4, -0.2) is 71.9 Å². The number of nitrogens with zero attached hydrogens (tertiary/aromatic N) is 2. The smallest absolute Gasteiger partial charge is 0.238 e. The second-order valence-electron chi connectivity index (χ2n) is 7.08. The number of rotatable bonds is 10. The van der Waals surface area contributed by atoms with E-state index < -0.39 is 10.0 Å². The van der Waals surface area contributed by atoms with Crippen molar-refractivity contribution in [1.82, 2.24) is 10.2 Å². The average Bonchev–Trinajstić information content (AvgIpc) is 2.71. The molecule has 1 aliphatic heterocycles. The van der Waals surface area contributed by atoms with Crippen LogP contribution in [0.15, 0.2) is 34.2 Å². The van der Waals surface area contributed by atoms with E-state index >= 15 is 0 Å². The van der Waals surface area contributed by atoms with Crippen molar-refractivity contribution in [2.75, 3.05) is 46.5 Å². The Morgan fingerprint density at radius 1 is 1.24 bits per heavy atom. The normalized spacial score (nSPS) is 16.2. The van der Waals surface area contributed by atoms with Crippen molar-refractivity contribution in [3.63, 3.8) is 0 Å². The largest absolute Gasteiger partial charge is 0.385 e. The summed E-state index contributed by atoms with van der Waals surface area (Å²) in [5.74, 6) is 0.923. The number of nitrogens with one attached hydrogen (secondary N) is 1. The van der Waals surface area contributed by atoms with Crippen molar-refractivity contribution in [1.29, 1.82) is 0 Å². The van der Waals surface area contributed by atoms with Crippen molar-refractivity contribution in [3.05, 3.63) is 29.8 Å². The van der Waals surface area contributed by atoms with Crippen LogP contribution in [0.1, 0.15) is 31.7 Å². The van der Waals surface area contributed by atoms with E-state index in [-0.39, 0.29) is 4.90 Å². The Morgan fingerprint density at radius 2 is 1.93 bits per heavy atom. The Labute approximate surface area is 174 Å². The molecular formula is C20H34N4O4S. The molecule has 0 spiro atoms. The standard InChI is InChI=1S/C20H34N4O4S/c1-3-22-20(24-13-10-18(11-14-24)28-16-4-15-27-2)23-12-9-17-5-7-19(8-6-17)29(21,25)26/h5-8,18H,3-4,9-16H2,1-2H3,(H,22,23)(H2,21,25,26). The number of piperidine rings is 1. The number of hydrogen-bond acceptors (Lipinski definition) is 5. The summed E-state index contributed by atoms with van der Waals surface area (Å²) in [6.07, 6.45) is 3.96. The molecule has 164 valence electrons. The van der Waals surface area contributed by atoms with Gasteiger partial charge >= 0.3 is 0 Å². The lowest BCUT2D eigenvalue weighted by molar-refractivity contribution is 0.00991. The number of methoxy groups -OCH3 is 1. The Kier molecular flexibility index (Phi) is 9.86. The highest BCUT2D eigenvalue weighted by molar-refractivity contribution is 7.89. The summed E-state index contributed by atoms with van der Waals surface area (Å²) < 4.78 is 33.6. The molecule has 1 fully saturated rings. The minimum absolute atomic E-state index is 0.130. The number of likely N-dealkylation sites (tertiary alicyclic amines) is 1. The van der Waals surface area contributed by atoms with Crippen molar-refractivity contribution in [2.45, 2.75) is 43.6 Å². The first-order valence-electron chi connectivity index (χ1n) is 10.2. The molecule has 9 heteroatoms. The van der Waals surface area contributed by atoms with Crippen molar-refractivity contribution >= 4 is 16.0 Å². The van der Waals surface area contributed by atoms with E-state index in [4.69, 9.17) is 19.6 Å². The summed E-state index contributed by atoms with van der Waals surface area (Å²) in [6.45, 7) is 6.83. The Bertz CT molecular complexity index is 729. The van der Waals surface area contributed by atoms with Crippen LogP contribution in [0.2, 0.25) is 0 Å². The van der Waals surface area contributed by atoms with Crippen LogP contribution in [0.25, 0.3) is 0 Å². The van der Waals surface area contributed by atoms with Gasteiger partial charge in [0.15, 0.2) is 5.96 Å². The Morgan fingerprint density at radius 3 is 2.52 bits per heavy atom. The summed E-state index contributed by atoms with van der Waals surface area (Å²) in [5.41, 5.74) is 1.03. The van der Waals surface area contributed by atoms with Crippen molar-refractivity contribution < 1.29 is 17.9 Å². The van der Waals surface area contributed by atoms with E-state index in [1.807, 2.05) is 0 Å². The number of primary sulfonamides is 1. The van der Waals surface area contributed by atoms with Crippen LogP contribution < -0.4 is 10.5 Å². The van der Waals surface area contributed by atoms with Gasteiger partial charge in [0.25, 0.3) is 0 Å². The first kappa shape index (κ1) is 23.6. The summed E-state index contributed by atoms with van der Waals surface area (Å²) >= 11 is 0. The van der Waals surface area contributed by atoms with Gasteiger partial charge in [-0.2, -0.15) is 0 Å². The molecule has 0 unspecified atom stereocenters. The molecule has 0 amide bonds. The summed E-state index contributed by atoms with van der Waals surface area (Å²) in [4.78, 5) is 7.16. The van der Waals surface area contributed by atoms with Crippen molar-refractivity contribution in [2.24, 2.45) is 10.1 Å². The molecule has 2 rings (SSSR count). The molecule has 1 aromatic carbocycles. The molecular weight excluding hydrogens is 392 g/mol. The molecule has 1 aliphatic rings. The molecule has 0 saturated carbocycles. The van der Waals surface area contributed by atoms with Gasteiger partial charge in [0.2, 0.25) is 10.0 Å². The van der Waals surface area contributed by atoms with E-state index in [0.717, 1.165) is 70.1 Å². The summed E-state index contributed by atoms with van der Waals surface area (Å²) in [6, 6.07) is 6.65. The van der Waals surface area contributed by atoms with E-state index in [0.29, 0.717) is 12.6 Å². The number of ether oxygens (including phenoxy) is 2. The zero-order valence-electron chi connectivity index (χ0n) is 17.5. The molecule has 8 nitrogen and oxygen atoms in total. The highest BCUT2D eigenvalue weighted by atomic mass is 32.2. The fourth-order valence-corrected chi connectivity index (χ4v) is 3.77. The highest BCUT2D eigenvalue weighted by Gasteiger charge is 2.21. The molecule has 1 heterocycles. The summed E-state index contributed by atoms with van der Waals surface area (Å²) in [5, 5.41) is 8.50. The minimum atomic E-state index is -3.65. The van der Waals surface area contributed by atoms with Gasteiger partial charge in [-0.15, -0.1) is 0 Å². The predicted molar refractivity (Wildman–Crippen MR) is 115 cm³/mol. The quantitative estimate of drug-likeness (QED) is 0.332. The lowest BCUT2D eigenvalue weighted by atomic mass is 10.1. The van der Waals surface area contributed by atoms with E-state index in [1.165, 1.54) is 12.1 Å². The SMILES string of the molecule is CCNC(=NCCc1ccc(S(N)(=O)=O)cc1)N1CCC(OCCCOC)CC1. The van der Waals surface area contributed by atoms with Crippen LogP contribution in [0.3, 0.4) is 0 Å². The monoisotopic (exact) mass is 426 g/mol. The van der Waals surface area contributed by atoms with Crippen molar-refractivity contribution in [3.8, 4) is 0 Å². The van der Waals surface area contributed by atoms with Gasteiger partial charge in [0.1, 0.15) is 0 Å². The molecule has 3 N–H and O–H groups in total. The van der Waals surface area contributed by atoms with E-state index in [2.05, 4.69) is 17.1 Å². The maximum absolute atomic E-state index is 11.3. The van der Waals surface area contributed by atoms with E-state index in [9.17, 15) is 8.42 Å². The second kappa shape index (κ2) is 12.1. The first-order valence-corrected chi connectivity index (χ1v) is 11.7. The third-order valence-corrected chi connectivity index (χ3v) is 5.77. The molecule has 1 saturated heterocycles. The lowest BCUT2D eigenvalue weighted by Gasteiger charge is -2.34. The van der Waals surface area contributed by atoms with Gasteiger partial charge in [0, 0.05) is 46.5 Å².